The van der Waals surface area contributed by atoms with Crippen molar-refractivity contribution in [2.24, 2.45) is 0 Å². The Morgan fingerprint density at radius 3 is 2.44 bits per heavy atom. The third kappa shape index (κ3) is 3.04. The molecule has 2 aromatic carbocycles. The van der Waals surface area contributed by atoms with Gasteiger partial charge in [0.05, 0.1) is 25.2 Å². The highest BCUT2D eigenvalue weighted by Crippen LogP contribution is 2.52. The quantitative estimate of drug-likeness (QED) is 0.574. The normalized spacial score (nSPS) is 23.9. The number of nitrogens with zero attached hydrogens (tertiary/aromatic N) is 1. The molecule has 1 heterocycles. The van der Waals surface area contributed by atoms with Gasteiger partial charge in [0.1, 0.15) is 17.6 Å². The first kappa shape index (κ1) is 17.8. The van der Waals surface area contributed by atoms with Crippen LogP contribution < -0.4 is 9.47 Å². The summed E-state index contributed by atoms with van der Waals surface area (Å²) in [4.78, 5) is 10.9. The molecule has 6 heteroatoms. The highest BCUT2D eigenvalue weighted by molar-refractivity contribution is 5.56. The summed E-state index contributed by atoms with van der Waals surface area (Å²) in [6.07, 6.45) is 3.98. The lowest BCUT2D eigenvalue weighted by molar-refractivity contribution is -0.385. The molecule has 142 valence electrons. The smallest absolute Gasteiger partial charge is 0.269 e. The predicted molar refractivity (Wildman–Crippen MR) is 101 cm³/mol. The van der Waals surface area contributed by atoms with E-state index in [-0.39, 0.29) is 22.6 Å². The molecule has 0 radical (unpaired) electrons. The number of nitro groups is 1. The average Bonchev–Trinajstić information content (AvgIpc) is 2.72. The van der Waals surface area contributed by atoms with Gasteiger partial charge in [-0.1, -0.05) is 25.0 Å². The van der Waals surface area contributed by atoms with Crippen molar-refractivity contribution >= 4 is 5.69 Å². The lowest BCUT2D eigenvalue weighted by atomic mass is 9.75. The molecule has 0 saturated heterocycles. The highest BCUT2D eigenvalue weighted by atomic mass is 16.6. The van der Waals surface area contributed by atoms with Crippen molar-refractivity contribution in [2.45, 2.75) is 43.8 Å². The van der Waals surface area contributed by atoms with Crippen LogP contribution in [0.15, 0.2) is 36.4 Å². The minimum Gasteiger partial charge on any atom is -0.496 e. The Morgan fingerprint density at radius 1 is 1.04 bits per heavy atom. The highest BCUT2D eigenvalue weighted by Gasteiger charge is 2.41. The second-order valence-electron chi connectivity index (χ2n) is 7.10. The molecule has 6 nitrogen and oxygen atoms in total. The summed E-state index contributed by atoms with van der Waals surface area (Å²) in [6, 6.07) is 10.5. The molecule has 3 atom stereocenters. The topological polar surface area (TPSA) is 70.8 Å². The third-order valence-electron chi connectivity index (χ3n) is 5.68. The Labute approximate surface area is 158 Å². The van der Waals surface area contributed by atoms with Crippen LogP contribution in [0.2, 0.25) is 0 Å². The molecular weight excluding hydrogens is 346 g/mol. The van der Waals surface area contributed by atoms with Gasteiger partial charge in [0.2, 0.25) is 0 Å². The fourth-order valence-corrected chi connectivity index (χ4v) is 4.48. The van der Waals surface area contributed by atoms with Crippen LogP contribution in [0, 0.1) is 10.1 Å². The minimum atomic E-state index is -0.413. The molecule has 1 aliphatic heterocycles. The number of ether oxygens (including phenoxy) is 3. The van der Waals surface area contributed by atoms with E-state index < -0.39 is 6.10 Å². The first-order valence-electron chi connectivity index (χ1n) is 9.28. The number of hydrogen-bond acceptors (Lipinski definition) is 5. The van der Waals surface area contributed by atoms with Crippen LogP contribution in [0.3, 0.4) is 0 Å². The summed E-state index contributed by atoms with van der Waals surface area (Å²) in [6.45, 7) is 0. The van der Waals surface area contributed by atoms with Crippen molar-refractivity contribution in [2.75, 3.05) is 14.2 Å². The summed E-state index contributed by atoms with van der Waals surface area (Å²) in [5.74, 6) is 1.82. The van der Waals surface area contributed by atoms with Crippen LogP contribution >= 0.6 is 0 Å². The van der Waals surface area contributed by atoms with E-state index >= 15 is 0 Å². The average molecular weight is 369 g/mol. The Balaban J connectivity index is 1.91. The molecule has 0 aromatic heterocycles. The molecule has 0 unspecified atom stereocenters. The van der Waals surface area contributed by atoms with Gasteiger partial charge in [0.25, 0.3) is 5.69 Å². The number of fused-ring (bicyclic) bond motifs is 3. The Hall–Kier alpha value is -2.60. The number of hydrogen-bond donors (Lipinski definition) is 0. The van der Waals surface area contributed by atoms with E-state index in [4.69, 9.17) is 14.2 Å². The summed E-state index contributed by atoms with van der Waals surface area (Å²) < 4.78 is 17.9. The van der Waals surface area contributed by atoms with Gasteiger partial charge >= 0.3 is 0 Å². The number of benzene rings is 2. The van der Waals surface area contributed by atoms with Gasteiger partial charge in [-0.05, 0) is 30.5 Å². The van der Waals surface area contributed by atoms with Crippen molar-refractivity contribution < 1.29 is 19.1 Å². The number of nitro benzene ring substituents is 1. The molecule has 2 aliphatic rings. The SMILES string of the molecule is COc1ccc(OC)c2c1[C@H](c1cccc([N+](=O)[O-])c1)O[C@H]1CCCC[C@@H]21. The number of rotatable bonds is 4. The maximum Gasteiger partial charge on any atom is 0.269 e. The monoisotopic (exact) mass is 369 g/mol. The van der Waals surface area contributed by atoms with Crippen molar-refractivity contribution in [1.82, 2.24) is 0 Å². The van der Waals surface area contributed by atoms with Crippen LogP contribution in [0.4, 0.5) is 5.69 Å². The van der Waals surface area contributed by atoms with Gasteiger partial charge in [0.15, 0.2) is 0 Å². The van der Waals surface area contributed by atoms with Gasteiger partial charge in [-0.3, -0.25) is 10.1 Å². The van der Waals surface area contributed by atoms with E-state index in [1.807, 2.05) is 18.2 Å². The molecular formula is C21H23NO5. The molecule has 0 spiro atoms. The van der Waals surface area contributed by atoms with Crippen molar-refractivity contribution in [1.29, 1.82) is 0 Å². The van der Waals surface area contributed by atoms with Crippen LogP contribution in [0.5, 0.6) is 11.5 Å². The van der Waals surface area contributed by atoms with Crippen molar-refractivity contribution in [3.63, 3.8) is 0 Å². The van der Waals surface area contributed by atoms with Gasteiger partial charge < -0.3 is 14.2 Å². The van der Waals surface area contributed by atoms with E-state index in [9.17, 15) is 10.1 Å². The van der Waals surface area contributed by atoms with E-state index in [1.165, 1.54) is 6.07 Å². The zero-order chi connectivity index (χ0) is 19.0. The van der Waals surface area contributed by atoms with Gasteiger partial charge in [-0.25, -0.2) is 0 Å². The fourth-order valence-electron chi connectivity index (χ4n) is 4.48. The molecule has 27 heavy (non-hydrogen) atoms. The van der Waals surface area contributed by atoms with E-state index in [0.29, 0.717) is 0 Å². The van der Waals surface area contributed by atoms with E-state index in [1.54, 1.807) is 26.4 Å². The molecule has 1 saturated carbocycles. The number of methoxy groups -OCH3 is 2. The lowest BCUT2D eigenvalue weighted by Crippen LogP contribution is -2.34. The van der Waals surface area contributed by atoms with Gasteiger partial charge in [-0.15, -0.1) is 0 Å². The van der Waals surface area contributed by atoms with Gasteiger partial charge in [0, 0.05) is 29.2 Å². The maximum atomic E-state index is 11.3. The standard InChI is InChI=1S/C21H23NO5/c1-25-17-10-11-18(26-2)20-19(17)15-8-3-4-9-16(15)27-21(20)13-6-5-7-14(12-13)22(23)24/h5-7,10-12,15-16,21H,3-4,8-9H2,1-2H3/t15-,16+,21+/m1/s1. The van der Waals surface area contributed by atoms with Crippen LogP contribution in [0.1, 0.15) is 54.4 Å². The summed E-state index contributed by atoms with van der Waals surface area (Å²) in [5, 5.41) is 11.3. The van der Waals surface area contributed by atoms with Gasteiger partial charge in [-0.2, -0.15) is 0 Å². The summed E-state index contributed by atoms with van der Waals surface area (Å²) >= 11 is 0. The number of non-ortho nitro benzene ring substituents is 1. The fraction of sp³-hybridized carbons (Fsp3) is 0.429. The molecule has 2 aromatic rings. The second-order valence-corrected chi connectivity index (χ2v) is 7.10. The zero-order valence-electron chi connectivity index (χ0n) is 15.5. The molecule has 0 bridgehead atoms. The Bertz CT molecular complexity index is 866. The predicted octanol–water partition coefficient (Wildman–Crippen LogP) is 4.76. The van der Waals surface area contributed by atoms with Crippen molar-refractivity contribution in [3.8, 4) is 11.5 Å². The molecule has 1 aliphatic carbocycles. The Kier molecular flexibility index (Phi) is 4.74. The van der Waals surface area contributed by atoms with Crippen LogP contribution in [0.25, 0.3) is 0 Å². The lowest BCUT2D eigenvalue weighted by Gasteiger charge is -2.42. The Morgan fingerprint density at radius 2 is 1.74 bits per heavy atom. The van der Waals surface area contributed by atoms with Crippen LogP contribution in [-0.4, -0.2) is 25.2 Å². The third-order valence-corrected chi connectivity index (χ3v) is 5.68. The maximum absolute atomic E-state index is 11.3. The van der Waals surface area contributed by atoms with Crippen molar-refractivity contribution in [3.05, 3.63) is 63.2 Å². The van der Waals surface area contributed by atoms with E-state index in [2.05, 4.69) is 0 Å². The first-order chi connectivity index (χ1) is 13.1. The largest absolute Gasteiger partial charge is 0.496 e. The van der Waals surface area contributed by atoms with Crippen LogP contribution in [-0.2, 0) is 4.74 Å². The van der Waals surface area contributed by atoms with E-state index in [0.717, 1.165) is 53.9 Å². The molecule has 0 N–H and O–H groups in total. The summed E-state index contributed by atoms with van der Waals surface area (Å²) in [7, 11) is 3.32. The molecule has 1 fully saturated rings. The second kappa shape index (κ2) is 7.19. The molecule has 4 rings (SSSR count). The first-order valence-corrected chi connectivity index (χ1v) is 9.28. The zero-order valence-corrected chi connectivity index (χ0v) is 15.5. The molecule has 0 amide bonds. The minimum absolute atomic E-state index is 0.0604. The summed E-state index contributed by atoms with van der Waals surface area (Å²) in [5.41, 5.74) is 2.89.